The molecule has 1 heterocycles. The lowest BCUT2D eigenvalue weighted by Gasteiger charge is -2.14. The number of nitrogens with one attached hydrogen (secondary N) is 1. The van der Waals surface area contributed by atoms with Crippen LogP contribution in [0, 0.1) is 6.92 Å². The third kappa shape index (κ3) is 4.04. The van der Waals surface area contributed by atoms with Gasteiger partial charge in [0.1, 0.15) is 11.8 Å². The van der Waals surface area contributed by atoms with Crippen LogP contribution in [-0.2, 0) is 14.8 Å². The van der Waals surface area contributed by atoms with Gasteiger partial charge < -0.3 is 4.74 Å². The van der Waals surface area contributed by atoms with Gasteiger partial charge in [0.05, 0.1) is 9.60 Å². The molecule has 130 valence electrons. The molecule has 0 saturated carbocycles. The SMILES string of the molecule is Cc1ccc(S(=O)(=O)N[C@@H](C)C(=O)Oc2ccc3sncc3c2)cc1. The maximum Gasteiger partial charge on any atom is 0.329 e. The zero-order chi connectivity index (χ0) is 18.0. The van der Waals surface area contributed by atoms with Crippen LogP contribution < -0.4 is 9.46 Å². The van der Waals surface area contributed by atoms with Gasteiger partial charge in [0.2, 0.25) is 10.0 Å². The summed E-state index contributed by atoms with van der Waals surface area (Å²) in [6, 6.07) is 10.5. The molecule has 2 aromatic carbocycles. The van der Waals surface area contributed by atoms with E-state index in [1.54, 1.807) is 36.5 Å². The van der Waals surface area contributed by atoms with Crippen molar-refractivity contribution in [2.45, 2.75) is 24.8 Å². The molecule has 3 rings (SSSR count). The molecule has 25 heavy (non-hydrogen) atoms. The van der Waals surface area contributed by atoms with Gasteiger partial charge in [0, 0.05) is 11.6 Å². The molecule has 0 aliphatic heterocycles. The number of hydrogen-bond acceptors (Lipinski definition) is 6. The summed E-state index contributed by atoms with van der Waals surface area (Å²) in [7, 11) is -3.80. The fourth-order valence-corrected chi connectivity index (χ4v) is 4.00. The number of benzene rings is 2. The zero-order valence-corrected chi connectivity index (χ0v) is 15.2. The zero-order valence-electron chi connectivity index (χ0n) is 13.6. The Morgan fingerprint density at radius 2 is 1.92 bits per heavy atom. The molecule has 0 radical (unpaired) electrons. The number of aryl methyl sites for hydroxylation is 1. The van der Waals surface area contributed by atoms with E-state index < -0.39 is 22.0 Å². The topological polar surface area (TPSA) is 85.4 Å². The number of carbonyl (C=O) groups excluding carboxylic acids is 1. The van der Waals surface area contributed by atoms with Crippen LogP contribution in [0.15, 0.2) is 53.6 Å². The monoisotopic (exact) mass is 376 g/mol. The quantitative estimate of drug-likeness (QED) is 0.547. The van der Waals surface area contributed by atoms with Gasteiger partial charge in [0.15, 0.2) is 0 Å². The van der Waals surface area contributed by atoms with E-state index in [1.807, 2.05) is 6.92 Å². The molecule has 0 fully saturated rings. The molecule has 3 aromatic rings. The van der Waals surface area contributed by atoms with Crippen LogP contribution in [0.1, 0.15) is 12.5 Å². The maximum absolute atomic E-state index is 12.3. The van der Waals surface area contributed by atoms with Crippen LogP contribution in [0.3, 0.4) is 0 Å². The number of ether oxygens (including phenoxy) is 1. The summed E-state index contributed by atoms with van der Waals surface area (Å²) in [5.74, 6) is -0.336. The Bertz CT molecular complexity index is 1010. The lowest BCUT2D eigenvalue weighted by molar-refractivity contribution is -0.135. The first-order valence-corrected chi connectivity index (χ1v) is 9.76. The number of aromatic nitrogens is 1. The smallest absolute Gasteiger partial charge is 0.329 e. The van der Waals surface area contributed by atoms with Gasteiger partial charge in [-0.3, -0.25) is 0 Å². The molecule has 1 N–H and O–H groups in total. The maximum atomic E-state index is 12.3. The van der Waals surface area contributed by atoms with Gasteiger partial charge in [-0.05, 0) is 55.7 Å². The molecule has 0 bridgehead atoms. The molecule has 0 spiro atoms. The molecule has 8 heteroatoms. The predicted octanol–water partition coefficient (Wildman–Crippen LogP) is 2.88. The van der Waals surface area contributed by atoms with Gasteiger partial charge in [-0.2, -0.15) is 9.10 Å². The molecule has 0 aliphatic carbocycles. The number of carbonyl (C=O) groups is 1. The van der Waals surface area contributed by atoms with Crippen molar-refractivity contribution in [3.8, 4) is 5.75 Å². The van der Waals surface area contributed by atoms with Crippen LogP contribution >= 0.6 is 11.5 Å². The number of rotatable bonds is 5. The van der Waals surface area contributed by atoms with E-state index >= 15 is 0 Å². The number of hydrogen-bond donors (Lipinski definition) is 1. The van der Waals surface area contributed by atoms with Crippen LogP contribution in [0.2, 0.25) is 0 Å². The minimum Gasteiger partial charge on any atom is -0.425 e. The summed E-state index contributed by atoms with van der Waals surface area (Å²) in [5.41, 5.74) is 0.949. The minimum atomic E-state index is -3.80. The minimum absolute atomic E-state index is 0.100. The Hall–Kier alpha value is -2.29. The standard InChI is InChI=1S/C17H16N2O4S2/c1-11-3-6-15(7-4-11)25(21,22)19-12(2)17(20)23-14-5-8-16-13(9-14)10-18-24-16/h3-10,12,19H,1-2H3/t12-/m0/s1. The fourth-order valence-electron chi connectivity index (χ4n) is 2.18. The summed E-state index contributed by atoms with van der Waals surface area (Å²) < 4.78 is 37.3. The summed E-state index contributed by atoms with van der Waals surface area (Å²) in [5, 5.41) is 0.864. The molecule has 1 atom stereocenters. The second-order valence-corrected chi connectivity index (χ2v) is 8.15. The lowest BCUT2D eigenvalue weighted by Crippen LogP contribution is -2.40. The molecule has 0 amide bonds. The van der Waals surface area contributed by atoms with Crippen molar-refractivity contribution in [3.05, 3.63) is 54.2 Å². The number of nitrogens with zero attached hydrogens (tertiary/aromatic N) is 1. The molecular formula is C17H16N2O4S2. The highest BCUT2D eigenvalue weighted by atomic mass is 32.2. The average Bonchev–Trinajstić information content (AvgIpc) is 3.02. The molecule has 0 saturated heterocycles. The normalized spacial score (nSPS) is 12.9. The van der Waals surface area contributed by atoms with Crippen molar-refractivity contribution in [2.75, 3.05) is 0 Å². The van der Waals surface area contributed by atoms with E-state index in [9.17, 15) is 13.2 Å². The van der Waals surface area contributed by atoms with E-state index in [0.717, 1.165) is 15.6 Å². The largest absolute Gasteiger partial charge is 0.425 e. The van der Waals surface area contributed by atoms with Gasteiger partial charge in [-0.15, -0.1) is 0 Å². The highest BCUT2D eigenvalue weighted by molar-refractivity contribution is 7.89. The second kappa shape index (κ2) is 6.91. The first-order chi connectivity index (χ1) is 11.8. The summed E-state index contributed by atoms with van der Waals surface area (Å²) in [6.07, 6.45) is 1.68. The first-order valence-electron chi connectivity index (χ1n) is 7.50. The Labute approximate surface area is 149 Å². The van der Waals surface area contributed by atoms with E-state index in [1.165, 1.54) is 30.6 Å². The number of fused-ring (bicyclic) bond motifs is 1. The third-order valence-corrected chi connectivity index (χ3v) is 5.90. The fraction of sp³-hybridized carbons (Fsp3) is 0.176. The Kier molecular flexibility index (Phi) is 4.85. The van der Waals surface area contributed by atoms with Crippen molar-refractivity contribution < 1.29 is 17.9 Å². The highest BCUT2D eigenvalue weighted by Gasteiger charge is 2.23. The van der Waals surface area contributed by atoms with Gasteiger partial charge in [-0.1, -0.05) is 17.7 Å². The van der Waals surface area contributed by atoms with E-state index in [-0.39, 0.29) is 4.90 Å². The molecule has 1 aromatic heterocycles. The Morgan fingerprint density at radius 3 is 2.64 bits per heavy atom. The van der Waals surface area contributed by atoms with E-state index in [2.05, 4.69) is 9.10 Å². The molecular weight excluding hydrogens is 360 g/mol. The lowest BCUT2D eigenvalue weighted by atomic mass is 10.2. The van der Waals surface area contributed by atoms with Crippen LogP contribution in [0.5, 0.6) is 5.75 Å². The first kappa shape index (κ1) is 17.5. The molecule has 0 aliphatic rings. The predicted molar refractivity (Wildman–Crippen MR) is 96.2 cm³/mol. The van der Waals surface area contributed by atoms with Gasteiger partial charge >= 0.3 is 5.97 Å². The summed E-state index contributed by atoms with van der Waals surface area (Å²) in [4.78, 5) is 12.3. The molecule has 6 nitrogen and oxygen atoms in total. The molecule has 0 unspecified atom stereocenters. The number of sulfonamides is 1. The van der Waals surface area contributed by atoms with Crippen molar-refractivity contribution >= 4 is 37.6 Å². The van der Waals surface area contributed by atoms with Crippen molar-refractivity contribution in [3.63, 3.8) is 0 Å². The average molecular weight is 376 g/mol. The Balaban J connectivity index is 1.70. The summed E-state index contributed by atoms with van der Waals surface area (Å²) in [6.45, 7) is 3.31. The Morgan fingerprint density at radius 1 is 1.20 bits per heavy atom. The number of esters is 1. The van der Waals surface area contributed by atoms with Crippen molar-refractivity contribution in [2.24, 2.45) is 0 Å². The van der Waals surface area contributed by atoms with Gasteiger partial charge in [-0.25, -0.2) is 13.2 Å². The third-order valence-electron chi connectivity index (χ3n) is 3.56. The van der Waals surface area contributed by atoms with Crippen molar-refractivity contribution in [1.29, 1.82) is 0 Å². The van der Waals surface area contributed by atoms with Crippen LogP contribution in [0.25, 0.3) is 10.1 Å². The van der Waals surface area contributed by atoms with Crippen LogP contribution in [0.4, 0.5) is 0 Å². The highest BCUT2D eigenvalue weighted by Crippen LogP contribution is 2.23. The second-order valence-electron chi connectivity index (χ2n) is 5.60. The van der Waals surface area contributed by atoms with E-state index in [4.69, 9.17) is 4.74 Å². The van der Waals surface area contributed by atoms with Crippen LogP contribution in [-0.4, -0.2) is 24.8 Å². The van der Waals surface area contributed by atoms with Gasteiger partial charge in [0.25, 0.3) is 0 Å². The summed E-state index contributed by atoms with van der Waals surface area (Å²) >= 11 is 1.35. The van der Waals surface area contributed by atoms with E-state index in [0.29, 0.717) is 5.75 Å². The van der Waals surface area contributed by atoms with Crippen molar-refractivity contribution in [1.82, 2.24) is 9.10 Å².